The summed E-state index contributed by atoms with van der Waals surface area (Å²) in [5, 5.41) is 2.58. The van der Waals surface area contributed by atoms with Gasteiger partial charge in [-0.1, -0.05) is 13.0 Å². The number of benzene rings is 1. The fourth-order valence-corrected chi connectivity index (χ4v) is 3.35. The van der Waals surface area contributed by atoms with Crippen LogP contribution in [-0.2, 0) is 19.5 Å². The van der Waals surface area contributed by atoms with Crippen LogP contribution in [-0.4, -0.2) is 58.1 Å². The zero-order valence-electron chi connectivity index (χ0n) is 17.1. The molecule has 0 saturated heterocycles. The van der Waals surface area contributed by atoms with E-state index in [-0.39, 0.29) is 34.9 Å². The van der Waals surface area contributed by atoms with Crippen molar-refractivity contribution in [2.24, 2.45) is 0 Å². The number of ether oxygens (including phenoxy) is 2. The summed E-state index contributed by atoms with van der Waals surface area (Å²) in [5.74, 6) is -2.05. The molecule has 2 amide bonds. The maximum Gasteiger partial charge on any atom is 0.356 e. The summed E-state index contributed by atoms with van der Waals surface area (Å²) in [6.07, 6.45) is 1.73. The van der Waals surface area contributed by atoms with Crippen molar-refractivity contribution in [3.63, 3.8) is 0 Å². The van der Waals surface area contributed by atoms with Crippen molar-refractivity contribution in [1.29, 1.82) is 0 Å². The number of pyridine rings is 1. The molecule has 1 aromatic carbocycles. The van der Waals surface area contributed by atoms with Crippen molar-refractivity contribution < 1.29 is 32.3 Å². The fraction of sp³-hybridized carbons (Fsp3) is 0.300. The SMILES string of the molecule is CCCOC(=O)c1ccc(C(=O)NS(=O)(=O)c2cccc(C(=O)NCCOC)c2)cn1. The lowest BCUT2D eigenvalue weighted by molar-refractivity contribution is 0.0497. The molecule has 1 heterocycles. The lowest BCUT2D eigenvalue weighted by Gasteiger charge is -2.09. The normalized spacial score (nSPS) is 10.9. The second-order valence-corrected chi connectivity index (χ2v) is 7.96. The minimum absolute atomic E-state index is 0.0000405. The smallest absolute Gasteiger partial charge is 0.356 e. The van der Waals surface area contributed by atoms with E-state index < -0.39 is 27.8 Å². The van der Waals surface area contributed by atoms with Gasteiger partial charge in [0.05, 0.1) is 23.7 Å². The number of esters is 1. The van der Waals surface area contributed by atoms with Crippen LogP contribution in [0.1, 0.15) is 44.5 Å². The second-order valence-electron chi connectivity index (χ2n) is 6.28. The van der Waals surface area contributed by atoms with Gasteiger partial charge in [0, 0.05) is 25.4 Å². The van der Waals surface area contributed by atoms with Gasteiger partial charge in [0.15, 0.2) is 0 Å². The van der Waals surface area contributed by atoms with Crippen LogP contribution in [0.5, 0.6) is 0 Å². The number of nitrogens with zero attached hydrogens (tertiary/aromatic N) is 1. The third kappa shape index (κ3) is 6.86. The number of carbonyl (C=O) groups excluding carboxylic acids is 3. The van der Waals surface area contributed by atoms with Crippen LogP contribution < -0.4 is 10.0 Å². The molecule has 2 rings (SSSR count). The van der Waals surface area contributed by atoms with Crippen LogP contribution in [0, 0.1) is 0 Å². The lowest BCUT2D eigenvalue weighted by atomic mass is 10.2. The highest BCUT2D eigenvalue weighted by atomic mass is 32.2. The zero-order chi connectivity index (χ0) is 22.9. The highest BCUT2D eigenvalue weighted by Crippen LogP contribution is 2.13. The van der Waals surface area contributed by atoms with Crippen LogP contribution in [0.2, 0.25) is 0 Å². The molecule has 0 bridgehead atoms. The molecule has 0 saturated carbocycles. The van der Waals surface area contributed by atoms with Crippen LogP contribution in [0.15, 0.2) is 47.5 Å². The van der Waals surface area contributed by atoms with Gasteiger partial charge in [-0.05, 0) is 36.8 Å². The predicted molar refractivity (Wildman–Crippen MR) is 110 cm³/mol. The number of carbonyl (C=O) groups is 3. The first-order valence-corrected chi connectivity index (χ1v) is 10.8. The summed E-state index contributed by atoms with van der Waals surface area (Å²) in [5.41, 5.74) is 0.0483. The first-order valence-electron chi connectivity index (χ1n) is 9.36. The number of aromatic nitrogens is 1. The zero-order valence-corrected chi connectivity index (χ0v) is 17.9. The molecular formula is C20H23N3O7S. The second kappa shape index (κ2) is 11.2. The summed E-state index contributed by atoms with van der Waals surface area (Å²) in [6, 6.07) is 7.78. The number of sulfonamides is 1. The Morgan fingerprint density at radius 3 is 2.45 bits per heavy atom. The van der Waals surface area contributed by atoms with Crippen molar-refractivity contribution in [1.82, 2.24) is 15.0 Å². The standard InChI is InChI=1S/C20H23N3O7S/c1-3-10-30-20(26)17-8-7-15(13-22-17)19(25)23-31(27,28)16-6-4-5-14(12-16)18(24)21-9-11-29-2/h4-8,12-13H,3,9-11H2,1-2H3,(H,21,24)(H,23,25). The van der Waals surface area contributed by atoms with Gasteiger partial charge in [0.25, 0.3) is 21.8 Å². The Morgan fingerprint density at radius 2 is 1.81 bits per heavy atom. The van der Waals surface area contributed by atoms with Gasteiger partial charge in [-0.3, -0.25) is 9.59 Å². The van der Waals surface area contributed by atoms with Gasteiger partial charge in [-0.25, -0.2) is 22.9 Å². The maximum atomic E-state index is 12.6. The van der Waals surface area contributed by atoms with E-state index in [1.807, 2.05) is 11.6 Å². The van der Waals surface area contributed by atoms with Crippen LogP contribution in [0.25, 0.3) is 0 Å². The molecule has 11 heteroatoms. The van der Waals surface area contributed by atoms with Gasteiger partial charge >= 0.3 is 5.97 Å². The van der Waals surface area contributed by atoms with E-state index in [4.69, 9.17) is 9.47 Å². The highest BCUT2D eigenvalue weighted by Gasteiger charge is 2.21. The average molecular weight is 449 g/mol. The van der Waals surface area contributed by atoms with E-state index in [2.05, 4.69) is 10.3 Å². The van der Waals surface area contributed by atoms with Crippen molar-refractivity contribution in [3.05, 3.63) is 59.4 Å². The number of hydrogen-bond donors (Lipinski definition) is 2. The number of rotatable bonds is 10. The first kappa shape index (κ1) is 24.0. The van der Waals surface area contributed by atoms with E-state index in [1.54, 1.807) is 0 Å². The largest absolute Gasteiger partial charge is 0.461 e. The number of nitrogens with one attached hydrogen (secondary N) is 2. The van der Waals surface area contributed by atoms with Crippen LogP contribution in [0.3, 0.4) is 0 Å². The molecular weight excluding hydrogens is 426 g/mol. The monoisotopic (exact) mass is 449 g/mol. The lowest BCUT2D eigenvalue weighted by Crippen LogP contribution is -2.31. The molecule has 2 aromatic rings. The highest BCUT2D eigenvalue weighted by molar-refractivity contribution is 7.90. The van der Waals surface area contributed by atoms with E-state index >= 15 is 0 Å². The Kier molecular flexibility index (Phi) is 8.64. The molecule has 166 valence electrons. The maximum absolute atomic E-state index is 12.6. The summed E-state index contributed by atoms with van der Waals surface area (Å²) in [7, 11) is -2.76. The molecule has 0 unspecified atom stereocenters. The molecule has 0 fully saturated rings. The number of methoxy groups -OCH3 is 1. The Bertz CT molecular complexity index is 1040. The molecule has 0 aliphatic rings. The number of amides is 2. The molecule has 0 aliphatic carbocycles. The van der Waals surface area contributed by atoms with Gasteiger partial charge in [-0.15, -0.1) is 0 Å². The molecule has 0 atom stereocenters. The van der Waals surface area contributed by atoms with E-state index in [0.717, 1.165) is 12.3 Å². The Morgan fingerprint density at radius 1 is 1.03 bits per heavy atom. The van der Waals surface area contributed by atoms with Crippen molar-refractivity contribution in [3.8, 4) is 0 Å². The van der Waals surface area contributed by atoms with Gasteiger partial charge < -0.3 is 14.8 Å². The average Bonchev–Trinajstić information content (AvgIpc) is 2.77. The topological polar surface area (TPSA) is 141 Å². The quantitative estimate of drug-likeness (QED) is 0.406. The first-order chi connectivity index (χ1) is 14.8. The molecule has 31 heavy (non-hydrogen) atoms. The predicted octanol–water partition coefficient (Wildman–Crippen LogP) is 1.14. The van der Waals surface area contributed by atoms with Crippen LogP contribution >= 0.6 is 0 Å². The molecule has 0 spiro atoms. The molecule has 10 nitrogen and oxygen atoms in total. The van der Waals surface area contributed by atoms with Crippen molar-refractivity contribution >= 4 is 27.8 Å². The summed E-state index contributed by atoms with van der Waals surface area (Å²) < 4.78 is 36.8. The van der Waals surface area contributed by atoms with Gasteiger partial charge in [-0.2, -0.15) is 0 Å². The summed E-state index contributed by atoms with van der Waals surface area (Å²) in [6.45, 7) is 2.66. The van der Waals surface area contributed by atoms with Crippen LogP contribution in [0.4, 0.5) is 0 Å². The minimum Gasteiger partial charge on any atom is -0.461 e. The third-order valence-electron chi connectivity index (χ3n) is 3.90. The fourth-order valence-electron chi connectivity index (χ4n) is 2.33. The molecule has 1 aromatic heterocycles. The Balaban J connectivity index is 2.10. The van der Waals surface area contributed by atoms with Gasteiger partial charge in [0.2, 0.25) is 0 Å². The van der Waals surface area contributed by atoms with Crippen molar-refractivity contribution in [2.45, 2.75) is 18.2 Å². The minimum atomic E-state index is -4.25. The van der Waals surface area contributed by atoms with E-state index in [0.29, 0.717) is 13.0 Å². The Labute approximate surface area is 180 Å². The summed E-state index contributed by atoms with van der Waals surface area (Å²) in [4.78, 5) is 39.8. The third-order valence-corrected chi connectivity index (χ3v) is 5.23. The Hall–Kier alpha value is -3.31. The molecule has 2 N–H and O–H groups in total. The van der Waals surface area contributed by atoms with Crippen molar-refractivity contribution in [2.75, 3.05) is 26.9 Å². The summed E-state index contributed by atoms with van der Waals surface area (Å²) >= 11 is 0. The molecule has 0 aliphatic heterocycles. The van der Waals surface area contributed by atoms with E-state index in [1.165, 1.54) is 37.4 Å². The number of hydrogen-bond acceptors (Lipinski definition) is 8. The van der Waals surface area contributed by atoms with E-state index in [9.17, 15) is 22.8 Å². The van der Waals surface area contributed by atoms with Gasteiger partial charge in [0.1, 0.15) is 5.69 Å². The molecule has 0 radical (unpaired) electrons.